The third kappa shape index (κ3) is 15.4. The number of ether oxygens (including phenoxy) is 2. The van der Waals surface area contributed by atoms with Gasteiger partial charge in [-0.05, 0) is 38.0 Å². The first-order valence-electron chi connectivity index (χ1n) is 26.0. The van der Waals surface area contributed by atoms with Gasteiger partial charge in [0.1, 0.15) is 54.0 Å². The van der Waals surface area contributed by atoms with E-state index >= 15 is 0 Å². The van der Waals surface area contributed by atoms with Crippen LogP contribution in [0.15, 0.2) is 122 Å². The molecule has 2 fully saturated rings. The van der Waals surface area contributed by atoms with Crippen molar-refractivity contribution in [3.8, 4) is 34.0 Å². The standard InChI is InChI=1S/C29H26N6O8S.C18H20N6O8S.C6H15N.Na/c30-25-22-27(33-26(32-25)18-10-6-9-17(13-18)16-7-2-1-3-8-16)35(15-31-22)29-24(38)23(37)21(43-29)14-42-44(40,41)34-28(39)19-11-4-5-12-20(19)36;1-19-15-12-16(21-7-20-15)24(8-22-12)18-14(27)13(26)11(32-18)6-31-33(29,30)23-17(28)9-4-2-3-5-10(9)25;1-4-7(5-2)6-3;/h1-13,15,21,23-24,29,36-38H,14H2,(H,34,39)(H2,30,32,33);2-5,7-8,11,13-14,18,25-27H,6H2,1H3,(H,23,28)(H,19,20,21);4-6H2,1-3H3;/q;;;+1/p-1/t21-,23-,24-,29-;11-,13-,14-,18-;;/m11../s1. The average molecular weight is 1220 g/mol. The number of hydrogen-bond acceptors (Lipinski definition) is 24. The van der Waals surface area contributed by atoms with Gasteiger partial charge >= 0.3 is 50.2 Å². The molecule has 8 aromatic rings. The van der Waals surface area contributed by atoms with Crippen LogP contribution in [0.2, 0.25) is 0 Å². The van der Waals surface area contributed by atoms with Crippen molar-refractivity contribution in [3.63, 3.8) is 0 Å². The maximum Gasteiger partial charge on any atom is 1.00 e. The molecule has 0 saturated carbocycles. The van der Waals surface area contributed by atoms with Crippen molar-refractivity contribution in [2.75, 3.05) is 50.9 Å². The fraction of sp³-hybridized carbons (Fsp3) is 0.321. The van der Waals surface area contributed by atoms with Crippen LogP contribution in [0, 0.1) is 0 Å². The molecule has 85 heavy (non-hydrogen) atoms. The molecular weight excluding hydrogens is 1160 g/mol. The van der Waals surface area contributed by atoms with E-state index in [9.17, 15) is 57.1 Å². The van der Waals surface area contributed by atoms with Crippen LogP contribution >= 0.6 is 0 Å². The molecule has 8 atom stereocenters. The van der Waals surface area contributed by atoms with Gasteiger partial charge in [-0.3, -0.25) is 27.1 Å². The van der Waals surface area contributed by atoms with Gasteiger partial charge in [0, 0.05) is 23.7 Å². The fourth-order valence-corrected chi connectivity index (χ4v) is 10.3. The van der Waals surface area contributed by atoms with E-state index in [0.29, 0.717) is 22.5 Å². The minimum atomic E-state index is -4.71. The number of imidazole rings is 2. The summed E-state index contributed by atoms with van der Waals surface area (Å²) in [6.45, 7) is 9.00. The van der Waals surface area contributed by atoms with E-state index in [0.717, 1.165) is 35.4 Å². The maximum absolute atomic E-state index is 12.4. The topological polar surface area (TPSA) is 420 Å². The fourth-order valence-electron chi connectivity index (χ4n) is 8.90. The summed E-state index contributed by atoms with van der Waals surface area (Å²) in [6, 6.07) is 27.4. The number of quaternary nitrogens is 1. The monoisotopic (exact) mass is 1220 g/mol. The third-order valence-corrected chi connectivity index (χ3v) is 15.2. The second-order valence-electron chi connectivity index (χ2n) is 18.7. The quantitative estimate of drug-likeness (QED) is 0.0374. The number of rotatable bonds is 18. The summed E-state index contributed by atoms with van der Waals surface area (Å²) in [5.74, 6) is -2.90. The van der Waals surface area contributed by atoms with Crippen LogP contribution in [-0.4, -0.2) is 165 Å². The van der Waals surface area contributed by atoms with Crippen molar-refractivity contribution in [2.45, 2.75) is 69.9 Å². The molecule has 0 bridgehead atoms. The van der Waals surface area contributed by atoms with Crippen molar-refractivity contribution >= 4 is 66.4 Å². The number of carbonyl (C=O) groups excluding carboxylic acids is 2. The van der Waals surface area contributed by atoms with Gasteiger partial charge in [0.2, 0.25) is 0 Å². The van der Waals surface area contributed by atoms with Crippen LogP contribution in [0.4, 0.5) is 11.6 Å². The number of benzene rings is 4. The van der Waals surface area contributed by atoms with Gasteiger partial charge in [0.05, 0.1) is 45.5 Å². The van der Waals surface area contributed by atoms with E-state index in [4.69, 9.17) is 23.6 Å². The number of hydrogen-bond donors (Lipinski definition) is 9. The van der Waals surface area contributed by atoms with Gasteiger partial charge in [0.25, 0.3) is 11.8 Å². The number of nitrogens with zero attached hydrogens (tertiary/aromatic N) is 8. The summed E-state index contributed by atoms with van der Waals surface area (Å²) in [5, 5.41) is 68.6. The van der Waals surface area contributed by atoms with Crippen molar-refractivity contribution in [1.82, 2.24) is 48.5 Å². The number of para-hydroxylation sites is 2. The van der Waals surface area contributed by atoms with Crippen LogP contribution in [0.3, 0.4) is 0 Å². The van der Waals surface area contributed by atoms with Crippen molar-refractivity contribution < 1.29 is 109 Å². The zero-order valence-electron chi connectivity index (χ0n) is 46.4. The Hall–Kier alpha value is -7.34. The Morgan fingerprint density at radius 3 is 1.59 bits per heavy atom. The van der Waals surface area contributed by atoms with Crippen molar-refractivity contribution in [3.05, 3.63) is 133 Å². The van der Waals surface area contributed by atoms with E-state index in [-0.39, 0.29) is 57.9 Å². The Bertz CT molecular complexity index is 3820. The number of nitrogens with one attached hydrogen (secondary N) is 4. The number of nitrogens with two attached hydrogens (primary N) is 1. The van der Waals surface area contributed by atoms with Crippen molar-refractivity contribution in [1.29, 1.82) is 0 Å². The van der Waals surface area contributed by atoms with E-state index in [1.165, 1.54) is 72.0 Å². The van der Waals surface area contributed by atoms with E-state index in [2.05, 4.69) is 56.0 Å². The molecular formula is C53H60N13NaO16S2. The van der Waals surface area contributed by atoms with Crippen LogP contribution in [-0.2, 0) is 38.4 Å². The molecule has 2 aliphatic heterocycles. The first-order valence-corrected chi connectivity index (χ1v) is 28.8. The molecule has 10 rings (SSSR count). The molecule has 0 radical (unpaired) electrons. The number of aliphatic hydroxyl groups is 4. The molecule has 4 aromatic carbocycles. The summed E-state index contributed by atoms with van der Waals surface area (Å²) >= 11 is 0. The SMILES string of the molecule is CC[NH+](CC)CC.CNc1ncnc2c1ncn2[C@@H]1O[C@H](COS(=O)(=O)NC(=O)c2ccccc2[O-])[C@@H](O)[C@H]1O.Nc1nc(-c2cccc(-c3ccccc3)c2)nc2c1ncn2[C@@H]1O[C@H](COS(=O)(=O)NC(=O)c2ccccc2[O-])[C@@H](O)[C@H]1O.[Na+]. The van der Waals surface area contributed by atoms with Crippen LogP contribution in [0.1, 0.15) is 53.9 Å². The van der Waals surface area contributed by atoms with E-state index < -0.39 is 112 Å². The van der Waals surface area contributed by atoms with Gasteiger partial charge in [-0.2, -0.15) is 16.8 Å². The number of fused-ring (bicyclic) bond motifs is 2. The summed E-state index contributed by atoms with van der Waals surface area (Å²) in [7, 11) is -7.71. The molecule has 0 aliphatic carbocycles. The molecule has 0 spiro atoms. The average Bonchev–Trinajstić information content (AvgIpc) is 2.83. The first-order chi connectivity index (χ1) is 40.2. The number of carbonyl (C=O) groups is 2. The Kier molecular flexibility index (Phi) is 22.0. The van der Waals surface area contributed by atoms with Crippen LogP contribution in [0.25, 0.3) is 44.8 Å². The summed E-state index contributed by atoms with van der Waals surface area (Å²) in [6.07, 6.45) is -7.23. The maximum atomic E-state index is 12.4. The number of aliphatic hydroxyl groups excluding tert-OH is 4. The van der Waals surface area contributed by atoms with Gasteiger partial charge in [0.15, 0.2) is 41.2 Å². The molecule has 0 unspecified atom stereocenters. The Balaban J connectivity index is 0.000000223. The number of anilines is 2. The first kappa shape index (κ1) is 65.2. The minimum absolute atomic E-state index is 0. The van der Waals surface area contributed by atoms with Gasteiger partial charge in [-0.1, -0.05) is 109 Å². The minimum Gasteiger partial charge on any atom is -0.872 e. The second-order valence-corrected chi connectivity index (χ2v) is 21.4. The molecule has 6 heterocycles. The van der Waals surface area contributed by atoms with Crippen molar-refractivity contribution in [2.24, 2.45) is 0 Å². The summed E-state index contributed by atoms with van der Waals surface area (Å²) in [5.41, 5.74) is 9.16. The second kappa shape index (κ2) is 28.7. The smallest absolute Gasteiger partial charge is 0.872 e. The number of aromatic nitrogens is 8. The Morgan fingerprint density at radius 1 is 0.624 bits per heavy atom. The number of amides is 2. The number of nitrogen functional groups attached to an aromatic ring is 1. The molecule has 2 saturated heterocycles. The molecule has 446 valence electrons. The Morgan fingerprint density at radius 2 is 1.09 bits per heavy atom. The molecule has 4 aromatic heterocycles. The molecule has 2 aliphatic rings. The molecule has 10 N–H and O–H groups in total. The predicted molar refractivity (Wildman–Crippen MR) is 296 cm³/mol. The van der Waals surface area contributed by atoms with Gasteiger partial charge < -0.3 is 56.1 Å². The van der Waals surface area contributed by atoms with E-state index in [1.54, 1.807) is 21.4 Å². The molecule has 32 heteroatoms. The predicted octanol–water partition coefficient (Wildman–Crippen LogP) is -3.69. The normalized spacial score (nSPS) is 20.2. The molecule has 29 nitrogen and oxygen atoms in total. The summed E-state index contributed by atoms with van der Waals surface area (Å²) < 4.78 is 75.9. The van der Waals surface area contributed by atoms with Crippen LogP contribution < -0.4 is 65.2 Å². The summed E-state index contributed by atoms with van der Waals surface area (Å²) in [4.78, 5) is 51.6. The zero-order valence-corrected chi connectivity index (χ0v) is 50.0. The van der Waals surface area contributed by atoms with Gasteiger partial charge in [-0.25, -0.2) is 39.3 Å². The molecule has 2 amide bonds. The largest absolute Gasteiger partial charge is 1.00 e. The third-order valence-electron chi connectivity index (χ3n) is 13.5. The van der Waals surface area contributed by atoms with E-state index in [1.807, 2.05) is 54.6 Å². The van der Waals surface area contributed by atoms with Crippen LogP contribution in [0.5, 0.6) is 11.5 Å². The Labute approximate surface area is 509 Å². The zero-order chi connectivity index (χ0) is 60.5. The van der Waals surface area contributed by atoms with Gasteiger partial charge in [-0.15, -0.1) is 0 Å².